The predicted molar refractivity (Wildman–Crippen MR) is 74.2 cm³/mol. The molecule has 1 aromatic carbocycles. The van der Waals surface area contributed by atoms with Gasteiger partial charge >= 0.3 is 0 Å². The van der Waals surface area contributed by atoms with E-state index in [0.29, 0.717) is 6.04 Å². The molecule has 1 aromatic rings. The van der Waals surface area contributed by atoms with Gasteiger partial charge in [-0.05, 0) is 19.2 Å². The van der Waals surface area contributed by atoms with Crippen molar-refractivity contribution in [1.29, 1.82) is 0 Å². The number of hydrogen-bond donors (Lipinski definition) is 1. The first-order chi connectivity index (χ1) is 8.21. The van der Waals surface area contributed by atoms with Crippen LogP contribution < -0.4 is 14.8 Å². The standard InChI is InChI=1S/C13H21NO2S/c1-10(9-17-4)14-8-11-5-6-12(15-2)7-13(11)16-3/h5-7,10,14H,8-9H2,1-4H3. The summed E-state index contributed by atoms with van der Waals surface area (Å²) in [5.41, 5.74) is 1.15. The van der Waals surface area contributed by atoms with Gasteiger partial charge in [-0.25, -0.2) is 0 Å². The second-order valence-corrected chi connectivity index (χ2v) is 4.83. The van der Waals surface area contributed by atoms with E-state index in [2.05, 4.69) is 18.5 Å². The van der Waals surface area contributed by atoms with Gasteiger partial charge in [-0.1, -0.05) is 6.07 Å². The van der Waals surface area contributed by atoms with Gasteiger partial charge < -0.3 is 14.8 Å². The van der Waals surface area contributed by atoms with Crippen LogP contribution in [0.25, 0.3) is 0 Å². The first kappa shape index (κ1) is 14.2. The van der Waals surface area contributed by atoms with E-state index in [0.717, 1.165) is 29.4 Å². The van der Waals surface area contributed by atoms with Gasteiger partial charge in [0, 0.05) is 30.0 Å². The monoisotopic (exact) mass is 255 g/mol. The summed E-state index contributed by atoms with van der Waals surface area (Å²) < 4.78 is 10.5. The Bertz CT molecular complexity index is 344. The molecular weight excluding hydrogens is 234 g/mol. The average Bonchev–Trinajstić information content (AvgIpc) is 2.36. The SMILES string of the molecule is COc1ccc(CNC(C)CSC)c(OC)c1. The number of ether oxygens (including phenoxy) is 2. The van der Waals surface area contributed by atoms with E-state index in [1.54, 1.807) is 14.2 Å². The second kappa shape index (κ2) is 7.45. The first-order valence-corrected chi connectivity index (χ1v) is 7.03. The largest absolute Gasteiger partial charge is 0.497 e. The summed E-state index contributed by atoms with van der Waals surface area (Å²) >= 11 is 1.85. The van der Waals surface area contributed by atoms with Gasteiger partial charge in [0.15, 0.2) is 0 Å². The van der Waals surface area contributed by atoms with Crippen molar-refractivity contribution in [2.24, 2.45) is 0 Å². The zero-order chi connectivity index (χ0) is 12.7. The van der Waals surface area contributed by atoms with E-state index >= 15 is 0 Å². The van der Waals surface area contributed by atoms with Gasteiger partial charge in [-0.15, -0.1) is 0 Å². The lowest BCUT2D eigenvalue weighted by atomic mass is 10.2. The molecule has 0 bridgehead atoms. The fourth-order valence-electron chi connectivity index (χ4n) is 1.59. The Morgan fingerprint density at radius 3 is 2.65 bits per heavy atom. The Kier molecular flexibility index (Phi) is 6.22. The van der Waals surface area contributed by atoms with Crippen molar-refractivity contribution in [3.63, 3.8) is 0 Å². The number of rotatable bonds is 7. The lowest BCUT2D eigenvalue weighted by Crippen LogP contribution is -2.27. The molecule has 0 aliphatic carbocycles. The predicted octanol–water partition coefficient (Wildman–Crippen LogP) is 2.54. The molecule has 0 fully saturated rings. The highest BCUT2D eigenvalue weighted by atomic mass is 32.2. The molecule has 1 atom stereocenters. The lowest BCUT2D eigenvalue weighted by Gasteiger charge is -2.15. The van der Waals surface area contributed by atoms with E-state index in [9.17, 15) is 0 Å². The molecular formula is C13H21NO2S. The Hall–Kier alpha value is -0.870. The average molecular weight is 255 g/mol. The lowest BCUT2D eigenvalue weighted by molar-refractivity contribution is 0.389. The minimum absolute atomic E-state index is 0.497. The molecule has 0 spiro atoms. The van der Waals surface area contributed by atoms with E-state index in [-0.39, 0.29) is 0 Å². The third-order valence-corrected chi connectivity index (χ3v) is 3.39. The number of benzene rings is 1. The van der Waals surface area contributed by atoms with Crippen LogP contribution >= 0.6 is 11.8 Å². The Labute approximate surface area is 108 Å². The van der Waals surface area contributed by atoms with Crippen molar-refractivity contribution in [3.8, 4) is 11.5 Å². The highest BCUT2D eigenvalue weighted by Gasteiger charge is 2.06. The van der Waals surface area contributed by atoms with Crippen LogP contribution in [0.3, 0.4) is 0 Å². The van der Waals surface area contributed by atoms with Crippen LogP contribution in [0.15, 0.2) is 18.2 Å². The molecule has 1 N–H and O–H groups in total. The Morgan fingerprint density at radius 1 is 1.29 bits per heavy atom. The molecule has 0 saturated carbocycles. The number of methoxy groups -OCH3 is 2. The molecule has 1 unspecified atom stereocenters. The van der Waals surface area contributed by atoms with Crippen molar-refractivity contribution in [3.05, 3.63) is 23.8 Å². The summed E-state index contributed by atoms with van der Waals surface area (Å²) in [7, 11) is 3.34. The third kappa shape index (κ3) is 4.48. The summed E-state index contributed by atoms with van der Waals surface area (Å²) in [6, 6.07) is 6.41. The zero-order valence-electron chi connectivity index (χ0n) is 10.9. The fourth-order valence-corrected chi connectivity index (χ4v) is 2.21. The van der Waals surface area contributed by atoms with Gasteiger partial charge in [0.05, 0.1) is 14.2 Å². The molecule has 0 heterocycles. The van der Waals surface area contributed by atoms with Crippen LogP contribution in [-0.2, 0) is 6.54 Å². The molecule has 96 valence electrons. The van der Waals surface area contributed by atoms with Crippen LogP contribution in [-0.4, -0.2) is 32.3 Å². The van der Waals surface area contributed by atoms with E-state index in [4.69, 9.17) is 9.47 Å². The Balaban J connectivity index is 2.63. The number of hydrogen-bond acceptors (Lipinski definition) is 4. The second-order valence-electron chi connectivity index (χ2n) is 3.92. The maximum absolute atomic E-state index is 5.35. The third-order valence-electron chi connectivity index (χ3n) is 2.55. The van der Waals surface area contributed by atoms with Crippen molar-refractivity contribution >= 4 is 11.8 Å². The van der Waals surface area contributed by atoms with Crippen molar-refractivity contribution < 1.29 is 9.47 Å². The van der Waals surface area contributed by atoms with Crippen molar-refractivity contribution in [2.45, 2.75) is 19.5 Å². The molecule has 17 heavy (non-hydrogen) atoms. The fraction of sp³-hybridized carbons (Fsp3) is 0.538. The van der Waals surface area contributed by atoms with Gasteiger partial charge in [0.2, 0.25) is 0 Å². The molecule has 4 heteroatoms. The molecule has 0 saturated heterocycles. The highest BCUT2D eigenvalue weighted by molar-refractivity contribution is 7.98. The summed E-state index contributed by atoms with van der Waals surface area (Å²) in [4.78, 5) is 0. The molecule has 0 amide bonds. The molecule has 0 aliphatic rings. The van der Waals surface area contributed by atoms with Gasteiger partial charge in [0.25, 0.3) is 0 Å². The molecule has 3 nitrogen and oxygen atoms in total. The highest BCUT2D eigenvalue weighted by Crippen LogP contribution is 2.24. The summed E-state index contributed by atoms with van der Waals surface area (Å²) in [5.74, 6) is 2.80. The van der Waals surface area contributed by atoms with Crippen molar-refractivity contribution in [2.75, 3.05) is 26.2 Å². The van der Waals surface area contributed by atoms with E-state index < -0.39 is 0 Å². The zero-order valence-corrected chi connectivity index (χ0v) is 11.8. The smallest absolute Gasteiger partial charge is 0.127 e. The minimum atomic E-state index is 0.497. The van der Waals surface area contributed by atoms with E-state index in [1.165, 1.54) is 0 Å². The molecule has 1 rings (SSSR count). The summed E-state index contributed by atoms with van der Waals surface area (Å²) in [5, 5.41) is 3.47. The number of nitrogens with one attached hydrogen (secondary N) is 1. The van der Waals surface area contributed by atoms with Crippen molar-refractivity contribution in [1.82, 2.24) is 5.32 Å². The van der Waals surface area contributed by atoms with Crippen LogP contribution in [0.1, 0.15) is 12.5 Å². The van der Waals surface area contributed by atoms with E-state index in [1.807, 2.05) is 30.0 Å². The minimum Gasteiger partial charge on any atom is -0.497 e. The Morgan fingerprint density at radius 2 is 2.06 bits per heavy atom. The molecule has 0 aliphatic heterocycles. The van der Waals surface area contributed by atoms with Gasteiger partial charge in [-0.2, -0.15) is 11.8 Å². The van der Waals surface area contributed by atoms with Crippen LogP contribution in [0.4, 0.5) is 0 Å². The maximum atomic E-state index is 5.35. The van der Waals surface area contributed by atoms with Crippen LogP contribution in [0.5, 0.6) is 11.5 Å². The molecule has 0 radical (unpaired) electrons. The van der Waals surface area contributed by atoms with Crippen LogP contribution in [0.2, 0.25) is 0 Å². The summed E-state index contributed by atoms with van der Waals surface area (Å²) in [6.07, 6.45) is 2.12. The topological polar surface area (TPSA) is 30.5 Å². The van der Waals surface area contributed by atoms with Gasteiger partial charge in [-0.3, -0.25) is 0 Å². The van der Waals surface area contributed by atoms with Crippen LogP contribution in [0, 0.1) is 0 Å². The normalized spacial score (nSPS) is 12.2. The van der Waals surface area contributed by atoms with Gasteiger partial charge in [0.1, 0.15) is 11.5 Å². The first-order valence-electron chi connectivity index (χ1n) is 5.64. The molecule has 0 aromatic heterocycles. The number of thioether (sulfide) groups is 1. The summed E-state index contributed by atoms with van der Waals surface area (Å²) in [6.45, 7) is 3.00. The quantitative estimate of drug-likeness (QED) is 0.811. The maximum Gasteiger partial charge on any atom is 0.127 e.